The first-order valence-electron chi connectivity index (χ1n) is 6.95. The molecule has 0 aromatic heterocycles. The summed E-state index contributed by atoms with van der Waals surface area (Å²) in [6.45, 7) is 5.12. The van der Waals surface area contributed by atoms with Crippen molar-refractivity contribution in [3.8, 4) is 0 Å². The Morgan fingerprint density at radius 2 is 2.35 bits per heavy atom. The van der Waals surface area contributed by atoms with Gasteiger partial charge in [0.05, 0.1) is 19.2 Å². The number of carbonyl (C=O) groups excluding carboxylic acids is 1. The number of morpholine rings is 1. The van der Waals surface area contributed by atoms with Crippen LogP contribution >= 0.6 is 0 Å². The molecule has 1 aromatic rings. The molecule has 0 unspecified atom stereocenters. The largest absolute Gasteiger partial charge is 0.370 e. The topological polar surface area (TPSA) is 55.6 Å². The van der Waals surface area contributed by atoms with E-state index in [1.54, 1.807) is 24.0 Å². The van der Waals surface area contributed by atoms with Gasteiger partial charge in [-0.1, -0.05) is 19.1 Å². The Kier molecular flexibility index (Phi) is 4.73. The Morgan fingerprint density at radius 3 is 3.00 bits per heavy atom. The average molecular weight is 280 g/mol. The van der Waals surface area contributed by atoms with Crippen LogP contribution in [0.2, 0.25) is 0 Å². The van der Waals surface area contributed by atoms with Crippen molar-refractivity contribution in [3.63, 3.8) is 0 Å². The number of hydrogen-bond donors (Lipinski definition) is 1. The van der Waals surface area contributed by atoms with Crippen molar-refractivity contribution in [2.45, 2.75) is 32.4 Å². The number of nitrogens with two attached hydrogens (primary N) is 1. The summed E-state index contributed by atoms with van der Waals surface area (Å²) in [7, 11) is 0. The Labute approximate surface area is 118 Å². The number of nitrogens with zero attached hydrogens (tertiary/aromatic N) is 1. The predicted octanol–water partition coefficient (Wildman–Crippen LogP) is 1.77. The van der Waals surface area contributed by atoms with Gasteiger partial charge in [0.2, 0.25) is 5.91 Å². The number of benzene rings is 1. The highest BCUT2D eigenvalue weighted by molar-refractivity contribution is 5.81. The number of ether oxygens (including phenoxy) is 1. The van der Waals surface area contributed by atoms with E-state index in [0.717, 1.165) is 5.56 Å². The van der Waals surface area contributed by atoms with Crippen LogP contribution in [0.5, 0.6) is 0 Å². The van der Waals surface area contributed by atoms with E-state index in [1.165, 1.54) is 6.07 Å². The van der Waals surface area contributed by atoms with E-state index in [9.17, 15) is 9.18 Å². The molecular weight excluding hydrogens is 259 g/mol. The van der Waals surface area contributed by atoms with Crippen LogP contribution in [0, 0.1) is 12.7 Å². The molecule has 1 aliphatic heterocycles. The van der Waals surface area contributed by atoms with Crippen LogP contribution in [-0.4, -0.2) is 36.5 Å². The van der Waals surface area contributed by atoms with E-state index in [1.807, 2.05) is 6.92 Å². The van der Waals surface area contributed by atoms with Crippen LogP contribution < -0.4 is 5.73 Å². The molecule has 1 amide bonds. The van der Waals surface area contributed by atoms with Crippen LogP contribution in [0.4, 0.5) is 4.39 Å². The minimum absolute atomic E-state index is 0.0420. The summed E-state index contributed by atoms with van der Waals surface area (Å²) in [5.74, 6) is -0.273. The van der Waals surface area contributed by atoms with Gasteiger partial charge in [0.25, 0.3) is 0 Å². The van der Waals surface area contributed by atoms with Crippen molar-refractivity contribution in [1.82, 2.24) is 4.90 Å². The molecule has 4 nitrogen and oxygen atoms in total. The zero-order valence-corrected chi connectivity index (χ0v) is 11.9. The predicted molar refractivity (Wildman–Crippen MR) is 74.7 cm³/mol. The Bertz CT molecular complexity index is 493. The zero-order valence-electron chi connectivity index (χ0n) is 11.9. The molecule has 110 valence electrons. The summed E-state index contributed by atoms with van der Waals surface area (Å²) in [4.78, 5) is 13.8. The maximum atomic E-state index is 13.3. The lowest BCUT2D eigenvalue weighted by Gasteiger charge is -2.34. The molecule has 1 saturated heterocycles. The van der Waals surface area contributed by atoms with Gasteiger partial charge in [-0.3, -0.25) is 4.79 Å². The first kappa shape index (κ1) is 14.9. The van der Waals surface area contributed by atoms with Crippen LogP contribution in [0.25, 0.3) is 0 Å². The SMILES string of the molecule is CC[C@H](N)C(=O)N1CCO[C@@H](c2ccc(F)c(C)c2)C1. The molecule has 2 N–H and O–H groups in total. The standard InChI is InChI=1S/C15H21FN2O2/c1-3-13(17)15(19)18-6-7-20-14(9-18)11-4-5-12(16)10(2)8-11/h4-5,8,13-14H,3,6-7,9,17H2,1-2H3/t13-,14+/m0/s1. The molecule has 20 heavy (non-hydrogen) atoms. The molecule has 0 spiro atoms. The van der Waals surface area contributed by atoms with Crippen molar-refractivity contribution in [3.05, 3.63) is 35.1 Å². The number of aryl methyl sites for hydroxylation is 1. The van der Waals surface area contributed by atoms with Crippen molar-refractivity contribution in [2.24, 2.45) is 5.73 Å². The number of amides is 1. The van der Waals surface area contributed by atoms with Crippen molar-refractivity contribution in [1.29, 1.82) is 0 Å². The summed E-state index contributed by atoms with van der Waals surface area (Å²) in [5.41, 5.74) is 7.27. The lowest BCUT2D eigenvalue weighted by atomic mass is 10.0. The van der Waals surface area contributed by atoms with Crippen molar-refractivity contribution in [2.75, 3.05) is 19.7 Å². The highest BCUT2D eigenvalue weighted by atomic mass is 19.1. The Balaban J connectivity index is 2.10. The molecule has 1 aromatic carbocycles. The number of carbonyl (C=O) groups is 1. The van der Waals surface area contributed by atoms with Gasteiger partial charge >= 0.3 is 0 Å². The maximum absolute atomic E-state index is 13.3. The van der Waals surface area contributed by atoms with Gasteiger partial charge in [0, 0.05) is 6.54 Å². The Morgan fingerprint density at radius 1 is 1.60 bits per heavy atom. The zero-order chi connectivity index (χ0) is 14.7. The fourth-order valence-electron chi connectivity index (χ4n) is 2.33. The quantitative estimate of drug-likeness (QED) is 0.918. The minimum Gasteiger partial charge on any atom is -0.370 e. The van der Waals surface area contributed by atoms with E-state index in [-0.39, 0.29) is 17.8 Å². The van der Waals surface area contributed by atoms with Crippen LogP contribution in [0.1, 0.15) is 30.6 Å². The molecule has 0 radical (unpaired) electrons. The molecule has 0 aliphatic carbocycles. The van der Waals surface area contributed by atoms with E-state index in [2.05, 4.69) is 0 Å². The fraction of sp³-hybridized carbons (Fsp3) is 0.533. The van der Waals surface area contributed by atoms with Gasteiger partial charge in [-0.25, -0.2) is 4.39 Å². The lowest BCUT2D eigenvalue weighted by molar-refractivity contribution is -0.140. The third-order valence-corrected chi connectivity index (χ3v) is 3.69. The molecule has 1 aliphatic rings. The smallest absolute Gasteiger partial charge is 0.239 e. The highest BCUT2D eigenvalue weighted by Crippen LogP contribution is 2.24. The molecule has 5 heteroatoms. The summed E-state index contributed by atoms with van der Waals surface area (Å²) in [5, 5.41) is 0. The van der Waals surface area contributed by atoms with E-state index in [0.29, 0.717) is 31.7 Å². The molecule has 2 rings (SSSR count). The molecule has 0 saturated carbocycles. The van der Waals surface area contributed by atoms with Gasteiger partial charge in [0.15, 0.2) is 0 Å². The van der Waals surface area contributed by atoms with E-state index < -0.39 is 6.04 Å². The maximum Gasteiger partial charge on any atom is 0.239 e. The number of hydrogen-bond acceptors (Lipinski definition) is 3. The van der Waals surface area contributed by atoms with Crippen LogP contribution in [0.3, 0.4) is 0 Å². The third-order valence-electron chi connectivity index (χ3n) is 3.69. The minimum atomic E-state index is -0.455. The van der Waals surface area contributed by atoms with Crippen molar-refractivity contribution >= 4 is 5.91 Å². The highest BCUT2D eigenvalue weighted by Gasteiger charge is 2.27. The van der Waals surface area contributed by atoms with Gasteiger partial charge < -0.3 is 15.4 Å². The molecule has 1 fully saturated rings. The van der Waals surface area contributed by atoms with E-state index in [4.69, 9.17) is 10.5 Å². The molecule has 1 heterocycles. The summed E-state index contributed by atoms with van der Waals surface area (Å²) >= 11 is 0. The normalized spacial score (nSPS) is 20.8. The monoisotopic (exact) mass is 280 g/mol. The summed E-state index contributed by atoms with van der Waals surface area (Å²) in [6, 6.07) is 4.46. The fourth-order valence-corrected chi connectivity index (χ4v) is 2.33. The van der Waals surface area contributed by atoms with Crippen LogP contribution in [-0.2, 0) is 9.53 Å². The lowest BCUT2D eigenvalue weighted by Crippen LogP contribution is -2.49. The van der Waals surface area contributed by atoms with Crippen LogP contribution in [0.15, 0.2) is 18.2 Å². The van der Waals surface area contributed by atoms with Gasteiger partial charge in [-0.15, -0.1) is 0 Å². The first-order chi connectivity index (χ1) is 9.52. The van der Waals surface area contributed by atoms with E-state index >= 15 is 0 Å². The third kappa shape index (κ3) is 3.16. The van der Waals surface area contributed by atoms with Gasteiger partial charge in [-0.05, 0) is 30.5 Å². The first-order valence-corrected chi connectivity index (χ1v) is 6.95. The second-order valence-electron chi connectivity index (χ2n) is 5.17. The second-order valence-corrected chi connectivity index (χ2v) is 5.17. The molecule has 0 bridgehead atoms. The number of halogens is 1. The average Bonchev–Trinajstić information content (AvgIpc) is 2.48. The summed E-state index contributed by atoms with van der Waals surface area (Å²) in [6.07, 6.45) is 0.410. The van der Waals surface area contributed by atoms with Gasteiger partial charge in [0.1, 0.15) is 11.9 Å². The number of rotatable bonds is 3. The van der Waals surface area contributed by atoms with Crippen molar-refractivity contribution < 1.29 is 13.9 Å². The molecule has 2 atom stereocenters. The van der Waals surface area contributed by atoms with Gasteiger partial charge in [-0.2, -0.15) is 0 Å². The Hall–Kier alpha value is -1.46. The molecular formula is C15H21FN2O2. The summed E-state index contributed by atoms with van der Waals surface area (Å²) < 4.78 is 19.0. The second kappa shape index (κ2) is 6.33.